The van der Waals surface area contributed by atoms with Crippen molar-refractivity contribution in [2.75, 3.05) is 13.2 Å². The predicted octanol–water partition coefficient (Wildman–Crippen LogP) is 20.8. The molecule has 71 heavy (non-hydrogen) atoms. The number of carbonyl (C=O) groups is 3. The van der Waals surface area contributed by atoms with Crippen molar-refractivity contribution in [1.82, 2.24) is 0 Å². The molecule has 0 amide bonds. The van der Waals surface area contributed by atoms with E-state index in [9.17, 15) is 14.4 Å². The minimum Gasteiger partial charge on any atom is -0.462 e. The van der Waals surface area contributed by atoms with Crippen LogP contribution in [0.15, 0.2) is 60.8 Å². The van der Waals surface area contributed by atoms with E-state index in [0.717, 1.165) is 83.5 Å². The summed E-state index contributed by atoms with van der Waals surface area (Å²) in [5.41, 5.74) is 0. The van der Waals surface area contributed by atoms with Crippen LogP contribution in [0.25, 0.3) is 0 Å². The zero-order valence-electron chi connectivity index (χ0n) is 47.2. The molecule has 0 saturated heterocycles. The van der Waals surface area contributed by atoms with Crippen LogP contribution < -0.4 is 0 Å². The fourth-order valence-electron chi connectivity index (χ4n) is 8.90. The second kappa shape index (κ2) is 59.7. The molecule has 6 heteroatoms. The molecule has 0 fully saturated rings. The fourth-order valence-corrected chi connectivity index (χ4v) is 8.90. The number of ether oxygens (including phenoxy) is 3. The molecule has 0 aliphatic rings. The van der Waals surface area contributed by atoms with E-state index in [1.807, 2.05) is 0 Å². The Morgan fingerprint density at radius 1 is 0.296 bits per heavy atom. The van der Waals surface area contributed by atoms with Gasteiger partial charge in [-0.15, -0.1) is 0 Å². The number of unbranched alkanes of at least 4 members (excludes halogenated alkanes) is 35. The molecule has 0 heterocycles. The summed E-state index contributed by atoms with van der Waals surface area (Å²) in [4.78, 5) is 38.0. The highest BCUT2D eigenvalue weighted by atomic mass is 16.6. The highest BCUT2D eigenvalue weighted by Crippen LogP contribution is 2.17. The normalized spacial score (nSPS) is 12.4. The Hall–Kier alpha value is -2.89. The monoisotopic (exact) mass is 993 g/mol. The summed E-state index contributed by atoms with van der Waals surface area (Å²) < 4.78 is 16.8. The molecule has 6 nitrogen and oxygen atoms in total. The van der Waals surface area contributed by atoms with Gasteiger partial charge in [0.25, 0.3) is 0 Å². The maximum atomic E-state index is 12.8. The molecule has 0 aromatic heterocycles. The molecule has 412 valence electrons. The summed E-state index contributed by atoms with van der Waals surface area (Å²) in [5, 5.41) is 0. The van der Waals surface area contributed by atoms with Gasteiger partial charge in [-0.25, -0.2) is 0 Å². The number of esters is 3. The van der Waals surface area contributed by atoms with Crippen molar-refractivity contribution in [3.63, 3.8) is 0 Å². The molecule has 0 rings (SSSR count). The largest absolute Gasteiger partial charge is 0.462 e. The summed E-state index contributed by atoms with van der Waals surface area (Å²) in [6.45, 7) is 6.51. The van der Waals surface area contributed by atoms with E-state index in [0.29, 0.717) is 19.3 Å². The van der Waals surface area contributed by atoms with E-state index in [2.05, 4.69) is 81.5 Å². The van der Waals surface area contributed by atoms with Crippen molar-refractivity contribution in [3.05, 3.63) is 60.8 Å². The van der Waals surface area contributed by atoms with Crippen LogP contribution in [0, 0.1) is 0 Å². The van der Waals surface area contributed by atoms with Gasteiger partial charge in [0.2, 0.25) is 0 Å². The van der Waals surface area contributed by atoms with E-state index in [4.69, 9.17) is 14.2 Å². The number of hydrogen-bond donors (Lipinski definition) is 0. The Kier molecular flexibility index (Phi) is 57.2. The summed E-state index contributed by atoms with van der Waals surface area (Å²) in [7, 11) is 0. The fraction of sp³-hybridized carbons (Fsp3) is 0.800. The van der Waals surface area contributed by atoms with Gasteiger partial charge >= 0.3 is 17.9 Å². The van der Waals surface area contributed by atoms with Gasteiger partial charge in [-0.05, 0) is 83.5 Å². The first kappa shape index (κ1) is 68.1. The van der Waals surface area contributed by atoms with Crippen molar-refractivity contribution < 1.29 is 28.6 Å². The van der Waals surface area contributed by atoms with Gasteiger partial charge in [-0.1, -0.05) is 274 Å². The van der Waals surface area contributed by atoms with Crippen LogP contribution in [0.3, 0.4) is 0 Å². The maximum Gasteiger partial charge on any atom is 0.306 e. The molecular formula is C65H116O6. The summed E-state index contributed by atoms with van der Waals surface area (Å²) in [6, 6.07) is 0. The van der Waals surface area contributed by atoms with Crippen LogP contribution in [0.2, 0.25) is 0 Å². The van der Waals surface area contributed by atoms with Crippen molar-refractivity contribution in [1.29, 1.82) is 0 Å². The molecule has 1 unspecified atom stereocenters. The number of rotatable bonds is 56. The van der Waals surface area contributed by atoms with Crippen LogP contribution in [0.4, 0.5) is 0 Å². The summed E-state index contributed by atoms with van der Waals surface area (Å²) in [5.74, 6) is -0.867. The third-order valence-corrected chi connectivity index (χ3v) is 13.5. The lowest BCUT2D eigenvalue weighted by atomic mass is 10.0. The van der Waals surface area contributed by atoms with Crippen molar-refractivity contribution in [3.8, 4) is 0 Å². The first-order valence-electron chi connectivity index (χ1n) is 30.8. The second-order valence-electron chi connectivity index (χ2n) is 20.6. The molecule has 0 bridgehead atoms. The van der Waals surface area contributed by atoms with Gasteiger partial charge in [-0.3, -0.25) is 14.4 Å². The minimum absolute atomic E-state index is 0.0718. The topological polar surface area (TPSA) is 78.9 Å². The van der Waals surface area contributed by atoms with Gasteiger partial charge in [0.05, 0.1) is 0 Å². The highest BCUT2D eigenvalue weighted by Gasteiger charge is 2.19. The van der Waals surface area contributed by atoms with Crippen molar-refractivity contribution >= 4 is 17.9 Å². The zero-order chi connectivity index (χ0) is 51.4. The summed E-state index contributed by atoms with van der Waals surface area (Å²) in [6.07, 6.45) is 75.3. The Bertz CT molecular complexity index is 1280. The van der Waals surface area contributed by atoms with Gasteiger partial charge in [0.15, 0.2) is 6.10 Å². The Morgan fingerprint density at radius 3 is 0.873 bits per heavy atom. The third-order valence-electron chi connectivity index (χ3n) is 13.5. The highest BCUT2D eigenvalue weighted by molar-refractivity contribution is 5.71. The molecular weight excluding hydrogens is 877 g/mol. The van der Waals surface area contributed by atoms with E-state index >= 15 is 0 Å². The molecule has 0 aliphatic heterocycles. The van der Waals surface area contributed by atoms with Crippen LogP contribution in [0.1, 0.15) is 316 Å². The van der Waals surface area contributed by atoms with Gasteiger partial charge < -0.3 is 14.2 Å². The number of allylic oxidation sites excluding steroid dienone is 10. The lowest BCUT2D eigenvalue weighted by molar-refractivity contribution is -0.167. The van der Waals surface area contributed by atoms with E-state index in [1.54, 1.807) is 0 Å². The van der Waals surface area contributed by atoms with Crippen LogP contribution >= 0.6 is 0 Å². The number of carbonyl (C=O) groups excluding carboxylic acids is 3. The molecule has 0 spiro atoms. The Morgan fingerprint density at radius 2 is 0.549 bits per heavy atom. The lowest BCUT2D eigenvalue weighted by Gasteiger charge is -2.18. The molecule has 1 atom stereocenters. The zero-order valence-corrected chi connectivity index (χ0v) is 47.2. The van der Waals surface area contributed by atoms with Gasteiger partial charge in [-0.2, -0.15) is 0 Å². The van der Waals surface area contributed by atoms with E-state index in [-0.39, 0.29) is 31.1 Å². The van der Waals surface area contributed by atoms with Gasteiger partial charge in [0.1, 0.15) is 13.2 Å². The first-order chi connectivity index (χ1) is 35.0. The SMILES string of the molecule is CC/C=C\C/C=C\C/C=C\C/C=C\CCCCCCCCCCCCCCCCC(=O)OCC(COC(=O)CCCCCCCCC)OC(=O)CCCCCCCCCCC/C=C\CCCCCCCC. The number of hydrogen-bond acceptors (Lipinski definition) is 6. The molecule has 0 radical (unpaired) electrons. The first-order valence-corrected chi connectivity index (χ1v) is 30.8. The average molecular weight is 994 g/mol. The molecule has 0 aliphatic carbocycles. The van der Waals surface area contributed by atoms with E-state index in [1.165, 1.54) is 193 Å². The molecule has 0 aromatic carbocycles. The minimum atomic E-state index is -0.771. The standard InChI is InChI=1S/C65H116O6/c1-4-7-10-13-16-18-20-22-24-26-28-29-30-31-32-33-34-35-37-38-40-42-44-46-49-52-55-58-64(67)70-61-62(60-69-63(66)57-54-51-48-15-12-9-6-3)71-65(68)59-56-53-50-47-45-43-41-39-36-27-25-23-21-19-17-14-11-8-5-2/h7,10,16,18,22-25,28-29,62H,4-6,8-9,11-15,17,19-21,26-27,30-61H2,1-3H3/b10-7-,18-16-,24-22-,25-23-,29-28-. The third kappa shape index (κ3) is 57.9. The van der Waals surface area contributed by atoms with Crippen molar-refractivity contribution in [2.24, 2.45) is 0 Å². The van der Waals surface area contributed by atoms with Gasteiger partial charge in [0, 0.05) is 19.3 Å². The van der Waals surface area contributed by atoms with Crippen LogP contribution in [-0.2, 0) is 28.6 Å². The average Bonchev–Trinajstić information content (AvgIpc) is 3.37. The molecule has 0 aromatic rings. The second-order valence-corrected chi connectivity index (χ2v) is 20.6. The smallest absolute Gasteiger partial charge is 0.306 e. The van der Waals surface area contributed by atoms with Crippen LogP contribution in [-0.4, -0.2) is 37.2 Å². The lowest BCUT2D eigenvalue weighted by Crippen LogP contribution is -2.30. The van der Waals surface area contributed by atoms with E-state index < -0.39 is 6.10 Å². The maximum absolute atomic E-state index is 12.8. The summed E-state index contributed by atoms with van der Waals surface area (Å²) >= 11 is 0. The Balaban J connectivity index is 4.10. The quantitative estimate of drug-likeness (QED) is 0.0261. The predicted molar refractivity (Wildman–Crippen MR) is 307 cm³/mol. The Labute approximate surface area is 440 Å². The molecule has 0 N–H and O–H groups in total. The molecule has 0 saturated carbocycles. The van der Waals surface area contributed by atoms with Crippen LogP contribution in [0.5, 0.6) is 0 Å². The van der Waals surface area contributed by atoms with Crippen molar-refractivity contribution in [2.45, 2.75) is 322 Å².